The molecule has 1 fully saturated rings. The van der Waals surface area contributed by atoms with Crippen LogP contribution in [0.4, 0.5) is 0 Å². The van der Waals surface area contributed by atoms with Crippen LogP contribution in [0.5, 0.6) is 0 Å². The quantitative estimate of drug-likeness (QED) is 0.787. The van der Waals surface area contributed by atoms with Crippen LogP contribution in [0.1, 0.15) is 28.9 Å². The Morgan fingerprint density at radius 2 is 2.47 bits per heavy atom. The molecule has 1 aromatic heterocycles. The van der Waals surface area contributed by atoms with Gasteiger partial charge in [-0.1, -0.05) is 0 Å². The van der Waals surface area contributed by atoms with Crippen LogP contribution in [0.2, 0.25) is 0 Å². The van der Waals surface area contributed by atoms with Crippen LogP contribution in [-0.4, -0.2) is 23.7 Å². The molecule has 1 saturated heterocycles. The molecule has 1 N–H and O–H groups in total. The van der Waals surface area contributed by atoms with E-state index in [0.29, 0.717) is 11.3 Å². The second-order valence-corrected chi connectivity index (χ2v) is 3.51. The van der Waals surface area contributed by atoms with Crippen molar-refractivity contribution in [2.45, 2.75) is 19.1 Å². The number of hydrogen-bond donors (Lipinski definition) is 1. The SMILES string of the molecule is [CH2]c1ccc(C(=O)NC2CCCO2)cn1. The number of nitrogens with one attached hydrogen (secondary N) is 1. The normalized spacial score (nSPS) is 20.2. The zero-order chi connectivity index (χ0) is 10.7. The van der Waals surface area contributed by atoms with E-state index in [4.69, 9.17) is 4.74 Å². The van der Waals surface area contributed by atoms with Crippen molar-refractivity contribution < 1.29 is 9.53 Å². The minimum Gasteiger partial charge on any atom is -0.359 e. The van der Waals surface area contributed by atoms with Crippen molar-refractivity contribution in [3.05, 3.63) is 36.5 Å². The zero-order valence-corrected chi connectivity index (χ0v) is 8.40. The average molecular weight is 205 g/mol. The van der Waals surface area contributed by atoms with E-state index in [-0.39, 0.29) is 12.1 Å². The van der Waals surface area contributed by atoms with Crippen molar-refractivity contribution in [2.24, 2.45) is 0 Å². The second kappa shape index (κ2) is 4.40. The summed E-state index contributed by atoms with van der Waals surface area (Å²) in [5.74, 6) is -0.144. The summed E-state index contributed by atoms with van der Waals surface area (Å²) in [5.41, 5.74) is 1.20. The van der Waals surface area contributed by atoms with E-state index in [1.165, 1.54) is 6.20 Å². The summed E-state index contributed by atoms with van der Waals surface area (Å²) in [4.78, 5) is 15.6. The minimum absolute atomic E-state index is 0.142. The molecule has 0 bridgehead atoms. The minimum atomic E-state index is -0.144. The Morgan fingerprint density at radius 1 is 1.60 bits per heavy atom. The Labute approximate surface area is 88.7 Å². The van der Waals surface area contributed by atoms with Gasteiger partial charge in [-0.25, -0.2) is 0 Å². The molecule has 15 heavy (non-hydrogen) atoms. The van der Waals surface area contributed by atoms with Crippen LogP contribution in [-0.2, 0) is 4.74 Å². The molecule has 0 aliphatic carbocycles. The zero-order valence-electron chi connectivity index (χ0n) is 8.40. The fourth-order valence-corrected chi connectivity index (χ4v) is 1.48. The molecule has 2 heterocycles. The molecule has 1 unspecified atom stereocenters. The predicted molar refractivity (Wildman–Crippen MR) is 55.1 cm³/mol. The lowest BCUT2D eigenvalue weighted by Gasteiger charge is -2.11. The summed E-state index contributed by atoms with van der Waals surface area (Å²) in [6.45, 7) is 4.38. The number of amides is 1. The largest absolute Gasteiger partial charge is 0.359 e. The van der Waals surface area contributed by atoms with E-state index >= 15 is 0 Å². The van der Waals surface area contributed by atoms with Crippen LogP contribution in [0.3, 0.4) is 0 Å². The molecule has 1 atom stereocenters. The van der Waals surface area contributed by atoms with Crippen LogP contribution in [0.25, 0.3) is 0 Å². The van der Waals surface area contributed by atoms with Gasteiger partial charge in [0.2, 0.25) is 0 Å². The molecule has 1 radical (unpaired) electrons. The highest BCUT2D eigenvalue weighted by Crippen LogP contribution is 2.10. The average Bonchev–Trinajstić information content (AvgIpc) is 2.71. The molecular weight excluding hydrogens is 192 g/mol. The molecule has 1 aliphatic heterocycles. The second-order valence-electron chi connectivity index (χ2n) is 3.51. The van der Waals surface area contributed by atoms with Gasteiger partial charge in [-0.2, -0.15) is 0 Å². The third-order valence-corrected chi connectivity index (χ3v) is 2.31. The van der Waals surface area contributed by atoms with Crippen molar-refractivity contribution in [2.75, 3.05) is 6.61 Å². The maximum Gasteiger partial charge on any atom is 0.254 e. The third kappa shape index (κ3) is 2.53. The highest BCUT2D eigenvalue weighted by molar-refractivity contribution is 5.93. The first kappa shape index (κ1) is 10.1. The lowest BCUT2D eigenvalue weighted by Crippen LogP contribution is -2.34. The van der Waals surface area contributed by atoms with Gasteiger partial charge in [-0.3, -0.25) is 9.78 Å². The van der Waals surface area contributed by atoms with E-state index in [1.54, 1.807) is 12.1 Å². The van der Waals surface area contributed by atoms with Gasteiger partial charge < -0.3 is 10.1 Å². The summed E-state index contributed by atoms with van der Waals surface area (Å²) in [7, 11) is 0. The van der Waals surface area contributed by atoms with E-state index in [9.17, 15) is 4.79 Å². The van der Waals surface area contributed by atoms with Gasteiger partial charge in [0, 0.05) is 18.5 Å². The van der Waals surface area contributed by atoms with Crippen molar-refractivity contribution >= 4 is 5.91 Å². The van der Waals surface area contributed by atoms with E-state index < -0.39 is 0 Å². The molecule has 4 heteroatoms. The first-order valence-electron chi connectivity index (χ1n) is 4.96. The standard InChI is InChI=1S/C11H13N2O2/c1-8-4-5-9(7-12-8)11(14)13-10-3-2-6-15-10/h4-5,7,10H,1-3,6H2,(H,13,14). The fraction of sp³-hybridized carbons (Fsp3) is 0.364. The first-order chi connectivity index (χ1) is 7.25. The highest BCUT2D eigenvalue weighted by atomic mass is 16.5. The van der Waals surface area contributed by atoms with Crippen molar-refractivity contribution in [1.29, 1.82) is 0 Å². The first-order valence-corrected chi connectivity index (χ1v) is 4.96. The molecule has 79 valence electrons. The molecule has 0 saturated carbocycles. The maximum absolute atomic E-state index is 11.7. The lowest BCUT2D eigenvalue weighted by atomic mass is 10.2. The number of carbonyl (C=O) groups is 1. The van der Waals surface area contributed by atoms with Crippen LogP contribution in [0.15, 0.2) is 18.3 Å². The smallest absolute Gasteiger partial charge is 0.254 e. The Hall–Kier alpha value is -1.42. The van der Waals surface area contributed by atoms with Crippen molar-refractivity contribution in [3.8, 4) is 0 Å². The Balaban J connectivity index is 1.98. The number of nitrogens with zero attached hydrogens (tertiary/aromatic N) is 1. The molecule has 2 rings (SSSR count). The summed E-state index contributed by atoms with van der Waals surface area (Å²) in [5, 5.41) is 2.79. The number of rotatable bonds is 2. The van der Waals surface area contributed by atoms with Gasteiger partial charge in [-0.15, -0.1) is 0 Å². The van der Waals surface area contributed by atoms with E-state index in [1.807, 2.05) is 0 Å². The van der Waals surface area contributed by atoms with Crippen LogP contribution >= 0.6 is 0 Å². The molecule has 1 aromatic rings. The summed E-state index contributed by atoms with van der Waals surface area (Å²) < 4.78 is 5.30. The molecule has 1 amide bonds. The third-order valence-electron chi connectivity index (χ3n) is 2.31. The predicted octanol–water partition coefficient (Wildman–Crippen LogP) is 1.13. The van der Waals surface area contributed by atoms with Crippen LogP contribution < -0.4 is 5.32 Å². The number of hydrogen-bond acceptors (Lipinski definition) is 3. The highest BCUT2D eigenvalue weighted by Gasteiger charge is 2.18. The summed E-state index contributed by atoms with van der Waals surface area (Å²) >= 11 is 0. The Kier molecular flexibility index (Phi) is 2.97. The Morgan fingerprint density at radius 3 is 3.07 bits per heavy atom. The molecule has 0 spiro atoms. The number of carbonyl (C=O) groups excluding carboxylic acids is 1. The lowest BCUT2D eigenvalue weighted by molar-refractivity contribution is 0.0639. The van der Waals surface area contributed by atoms with Gasteiger partial charge in [0.25, 0.3) is 5.91 Å². The number of ether oxygens (including phenoxy) is 1. The van der Waals surface area contributed by atoms with Gasteiger partial charge in [0.1, 0.15) is 6.23 Å². The van der Waals surface area contributed by atoms with E-state index in [2.05, 4.69) is 17.2 Å². The summed E-state index contributed by atoms with van der Waals surface area (Å²) in [6.07, 6.45) is 3.26. The monoisotopic (exact) mass is 205 g/mol. The van der Waals surface area contributed by atoms with Gasteiger partial charge in [-0.05, 0) is 31.9 Å². The molecular formula is C11H13N2O2. The van der Waals surface area contributed by atoms with Crippen molar-refractivity contribution in [3.63, 3.8) is 0 Å². The fourth-order valence-electron chi connectivity index (χ4n) is 1.48. The van der Waals surface area contributed by atoms with Crippen molar-refractivity contribution in [1.82, 2.24) is 10.3 Å². The van der Waals surface area contributed by atoms with Gasteiger partial charge in [0.05, 0.1) is 5.56 Å². The van der Waals surface area contributed by atoms with Gasteiger partial charge >= 0.3 is 0 Å². The topological polar surface area (TPSA) is 51.2 Å². The maximum atomic E-state index is 11.7. The van der Waals surface area contributed by atoms with E-state index in [0.717, 1.165) is 19.4 Å². The van der Waals surface area contributed by atoms with Gasteiger partial charge in [0.15, 0.2) is 0 Å². The number of aromatic nitrogens is 1. The Bertz CT molecular complexity index is 342. The molecule has 0 aromatic carbocycles. The molecule has 4 nitrogen and oxygen atoms in total. The number of pyridine rings is 1. The summed E-state index contributed by atoms with van der Waals surface area (Å²) in [6, 6.07) is 3.42. The molecule has 1 aliphatic rings. The van der Waals surface area contributed by atoms with Crippen LogP contribution in [0, 0.1) is 6.92 Å².